The van der Waals surface area contributed by atoms with E-state index in [1.807, 2.05) is 0 Å². The van der Waals surface area contributed by atoms with Gasteiger partial charge in [0.1, 0.15) is 11.6 Å². The van der Waals surface area contributed by atoms with Crippen LogP contribution in [0.5, 0.6) is 11.6 Å². The summed E-state index contributed by atoms with van der Waals surface area (Å²) >= 11 is 5.66. The van der Waals surface area contributed by atoms with Gasteiger partial charge >= 0.3 is 5.97 Å². The quantitative estimate of drug-likeness (QED) is 0.447. The van der Waals surface area contributed by atoms with Crippen molar-refractivity contribution in [3.8, 4) is 22.9 Å². The van der Waals surface area contributed by atoms with Gasteiger partial charge in [0, 0.05) is 24.2 Å². The number of benzene rings is 1. The van der Waals surface area contributed by atoms with Crippen LogP contribution in [-0.2, 0) is 16.0 Å². The zero-order valence-corrected chi connectivity index (χ0v) is 17.2. The number of halogens is 3. The van der Waals surface area contributed by atoms with Crippen molar-refractivity contribution in [1.82, 2.24) is 9.97 Å². The fourth-order valence-corrected chi connectivity index (χ4v) is 2.76. The van der Waals surface area contributed by atoms with E-state index in [2.05, 4.69) is 9.97 Å². The Labute approximate surface area is 186 Å². The summed E-state index contributed by atoms with van der Waals surface area (Å²) in [7, 11) is 0. The van der Waals surface area contributed by atoms with Gasteiger partial charge in [-0.2, -0.15) is 0 Å². The predicted octanol–water partition coefficient (Wildman–Crippen LogP) is 3.91. The first kappa shape index (κ1) is 24.6. The summed E-state index contributed by atoms with van der Waals surface area (Å²) in [5.74, 6) is -2.18. The zero-order chi connectivity index (χ0) is 23.7. The minimum Gasteiger partial charge on any atom is -0.483 e. The van der Waals surface area contributed by atoms with Crippen molar-refractivity contribution in [2.45, 2.75) is 18.9 Å². The summed E-state index contributed by atoms with van der Waals surface area (Å²) < 4.78 is 33.2. The summed E-state index contributed by atoms with van der Waals surface area (Å²) in [5.41, 5.74) is 6.96. The third-order valence-electron chi connectivity index (χ3n) is 3.95. The Morgan fingerprint density at radius 3 is 2.44 bits per heavy atom. The van der Waals surface area contributed by atoms with E-state index >= 15 is 0 Å². The van der Waals surface area contributed by atoms with Crippen molar-refractivity contribution in [1.29, 1.82) is 0 Å². The van der Waals surface area contributed by atoms with Crippen LogP contribution in [0, 0.1) is 11.6 Å². The van der Waals surface area contributed by atoms with Crippen molar-refractivity contribution in [3.63, 3.8) is 0 Å². The van der Waals surface area contributed by atoms with Crippen LogP contribution in [0.25, 0.3) is 11.3 Å². The molecule has 2 aromatic heterocycles. The number of carboxylic acids is 1. The summed E-state index contributed by atoms with van der Waals surface area (Å²) in [5, 5.41) is 15.8. The molecule has 0 bridgehead atoms. The highest BCUT2D eigenvalue weighted by Gasteiger charge is 2.14. The van der Waals surface area contributed by atoms with E-state index in [0.717, 1.165) is 6.07 Å². The van der Waals surface area contributed by atoms with E-state index in [1.165, 1.54) is 18.3 Å². The van der Waals surface area contributed by atoms with E-state index in [0.29, 0.717) is 17.0 Å². The molecule has 1 atom stereocenters. The Balaban J connectivity index is 0.00000114. The molecular weight excluding hydrogens is 448 g/mol. The molecule has 0 saturated heterocycles. The van der Waals surface area contributed by atoms with Crippen molar-refractivity contribution < 1.29 is 33.3 Å². The Morgan fingerprint density at radius 1 is 1.19 bits per heavy atom. The standard InChI is InChI=1S/C20H16ClF2N3O3.CH2O2/c21-12-7-16(23)20(25-10-12)29-14-3-1-11(2-4-14)17-6-5-15(22)18(26-17)8-13(24)9-19(27)28;2-1-3/h1-7,10,13H,8-9,24H2,(H,27,28);1H,(H,2,3)/t13-;/m1./s1. The van der Waals surface area contributed by atoms with Gasteiger partial charge in [-0.3, -0.25) is 9.59 Å². The summed E-state index contributed by atoms with van der Waals surface area (Å²) in [6.45, 7) is -0.250. The molecule has 0 spiro atoms. The van der Waals surface area contributed by atoms with Gasteiger partial charge in [0.15, 0.2) is 5.82 Å². The molecule has 32 heavy (non-hydrogen) atoms. The molecule has 0 saturated carbocycles. The number of hydrogen-bond acceptors (Lipinski definition) is 6. The molecule has 11 heteroatoms. The second-order valence-electron chi connectivity index (χ2n) is 6.36. The Kier molecular flexibility index (Phi) is 8.99. The summed E-state index contributed by atoms with van der Waals surface area (Å²) in [4.78, 5) is 27.1. The number of nitrogens with two attached hydrogens (primary N) is 1. The van der Waals surface area contributed by atoms with Crippen LogP contribution in [0.15, 0.2) is 48.7 Å². The molecule has 0 aliphatic rings. The summed E-state index contributed by atoms with van der Waals surface area (Å²) in [6, 6.07) is 9.62. The molecule has 4 N–H and O–H groups in total. The van der Waals surface area contributed by atoms with Crippen LogP contribution in [0.1, 0.15) is 12.1 Å². The number of pyridine rings is 2. The number of hydrogen-bond donors (Lipinski definition) is 3. The highest BCUT2D eigenvalue weighted by atomic mass is 35.5. The van der Waals surface area contributed by atoms with Gasteiger partial charge < -0.3 is 20.7 Å². The van der Waals surface area contributed by atoms with Crippen molar-refractivity contribution in [2.24, 2.45) is 5.73 Å². The molecule has 1 aromatic carbocycles. The average molecular weight is 466 g/mol. The lowest BCUT2D eigenvalue weighted by Gasteiger charge is -2.11. The molecular formula is C21H18ClF2N3O5. The molecule has 2 heterocycles. The molecule has 0 unspecified atom stereocenters. The lowest BCUT2D eigenvalue weighted by Crippen LogP contribution is -2.27. The van der Waals surface area contributed by atoms with Gasteiger partial charge in [-0.25, -0.2) is 18.7 Å². The monoisotopic (exact) mass is 465 g/mol. The number of carboxylic acid groups (broad SMARTS) is 2. The van der Waals surface area contributed by atoms with Crippen LogP contribution in [0.4, 0.5) is 8.78 Å². The number of aliphatic carboxylic acids is 1. The minimum absolute atomic E-state index is 0.00528. The first-order valence-corrected chi connectivity index (χ1v) is 9.41. The van der Waals surface area contributed by atoms with Crippen LogP contribution in [-0.4, -0.2) is 38.7 Å². The largest absolute Gasteiger partial charge is 0.483 e. The fraction of sp³-hybridized carbons (Fsp3) is 0.143. The Hall–Kier alpha value is -3.63. The van der Waals surface area contributed by atoms with E-state index in [1.54, 1.807) is 24.3 Å². The van der Waals surface area contributed by atoms with Crippen LogP contribution in [0.3, 0.4) is 0 Å². The third kappa shape index (κ3) is 7.25. The van der Waals surface area contributed by atoms with Crippen molar-refractivity contribution >= 4 is 24.0 Å². The Bertz CT molecular complexity index is 1080. The Morgan fingerprint density at radius 2 is 1.84 bits per heavy atom. The SMILES string of the molecule is N[C@@H](CC(=O)O)Cc1nc(-c2ccc(Oc3ncc(Cl)cc3F)cc2)ccc1F.O=CO. The molecule has 8 nitrogen and oxygen atoms in total. The molecule has 0 fully saturated rings. The maximum atomic E-state index is 14.0. The highest BCUT2D eigenvalue weighted by molar-refractivity contribution is 6.30. The molecule has 168 valence electrons. The summed E-state index contributed by atoms with van der Waals surface area (Å²) in [6.07, 6.45) is 0.981. The maximum absolute atomic E-state index is 14.0. The average Bonchev–Trinajstić information content (AvgIpc) is 2.72. The van der Waals surface area contributed by atoms with E-state index in [9.17, 15) is 13.6 Å². The van der Waals surface area contributed by atoms with Gasteiger partial charge in [-0.1, -0.05) is 11.6 Å². The maximum Gasteiger partial charge on any atom is 0.304 e. The van der Waals surface area contributed by atoms with Gasteiger partial charge in [0.05, 0.1) is 22.8 Å². The molecule has 0 aliphatic carbocycles. The third-order valence-corrected chi connectivity index (χ3v) is 4.16. The number of carbonyl (C=O) groups is 2. The zero-order valence-electron chi connectivity index (χ0n) is 16.4. The van der Waals surface area contributed by atoms with Gasteiger partial charge in [0.2, 0.25) is 0 Å². The van der Waals surface area contributed by atoms with Crippen molar-refractivity contribution in [2.75, 3.05) is 0 Å². The number of rotatable bonds is 7. The first-order valence-electron chi connectivity index (χ1n) is 9.03. The first-order chi connectivity index (χ1) is 15.2. The number of aromatic nitrogens is 2. The normalized spacial score (nSPS) is 11.1. The van der Waals surface area contributed by atoms with Gasteiger partial charge in [-0.05, 0) is 42.5 Å². The van der Waals surface area contributed by atoms with E-state index < -0.39 is 23.6 Å². The second-order valence-corrected chi connectivity index (χ2v) is 6.80. The van der Waals surface area contributed by atoms with E-state index in [-0.39, 0.29) is 35.9 Å². The van der Waals surface area contributed by atoms with E-state index in [4.69, 9.17) is 37.1 Å². The molecule has 3 aromatic rings. The molecule has 0 radical (unpaired) electrons. The number of ether oxygens (including phenoxy) is 1. The van der Waals surface area contributed by atoms with Gasteiger partial charge in [-0.15, -0.1) is 0 Å². The minimum atomic E-state index is -1.06. The lowest BCUT2D eigenvalue weighted by atomic mass is 10.1. The highest BCUT2D eigenvalue weighted by Crippen LogP contribution is 2.27. The molecule has 0 aliphatic heterocycles. The molecule has 3 rings (SSSR count). The smallest absolute Gasteiger partial charge is 0.304 e. The topological polar surface area (TPSA) is 136 Å². The van der Waals surface area contributed by atoms with Crippen LogP contribution >= 0.6 is 11.6 Å². The second kappa shape index (κ2) is 11.7. The lowest BCUT2D eigenvalue weighted by molar-refractivity contribution is -0.137. The molecule has 0 amide bonds. The number of nitrogens with zero attached hydrogens (tertiary/aromatic N) is 2. The van der Waals surface area contributed by atoms with Crippen molar-refractivity contribution in [3.05, 3.63) is 71.0 Å². The van der Waals surface area contributed by atoms with Crippen LogP contribution < -0.4 is 10.5 Å². The van der Waals surface area contributed by atoms with Gasteiger partial charge in [0.25, 0.3) is 12.4 Å². The fourth-order valence-electron chi connectivity index (χ4n) is 2.62. The predicted molar refractivity (Wildman–Crippen MR) is 112 cm³/mol. The van der Waals surface area contributed by atoms with Crippen LogP contribution in [0.2, 0.25) is 5.02 Å².